The minimum Gasteiger partial charge on any atom is -0.492 e. The molecule has 1 atom stereocenters. The van der Waals surface area contributed by atoms with E-state index in [0.29, 0.717) is 29.0 Å². The molecule has 2 aromatic carbocycles. The minimum atomic E-state index is -0.303. The zero-order chi connectivity index (χ0) is 20.7. The Morgan fingerprint density at radius 2 is 1.68 bits per heavy atom. The molecule has 2 aromatic rings. The van der Waals surface area contributed by atoms with Crippen LogP contribution in [0.1, 0.15) is 27.7 Å². The number of halogens is 1. The highest BCUT2D eigenvalue weighted by molar-refractivity contribution is 8.00. The number of carbonyl (C=O) groups is 2. The predicted molar refractivity (Wildman–Crippen MR) is 116 cm³/mol. The van der Waals surface area contributed by atoms with Crippen molar-refractivity contribution < 1.29 is 14.3 Å². The lowest BCUT2D eigenvalue weighted by Gasteiger charge is -2.14. The Kier molecular flexibility index (Phi) is 8.20. The SMILES string of the molecule is CC(=O)Nc1ccc(SC(C)C(=O)Nc2ccc(OCC(C)C)c(Cl)c2)cc1. The number of amides is 2. The molecular formula is C21H25ClN2O3S. The number of hydrogen-bond acceptors (Lipinski definition) is 4. The summed E-state index contributed by atoms with van der Waals surface area (Å²) in [5.41, 5.74) is 1.35. The van der Waals surface area contributed by atoms with Crippen molar-refractivity contribution in [2.45, 2.75) is 37.8 Å². The lowest BCUT2D eigenvalue weighted by molar-refractivity contribution is -0.115. The van der Waals surface area contributed by atoms with Crippen molar-refractivity contribution in [1.82, 2.24) is 0 Å². The van der Waals surface area contributed by atoms with Crippen LogP contribution >= 0.6 is 23.4 Å². The smallest absolute Gasteiger partial charge is 0.237 e. The number of carbonyl (C=O) groups excluding carboxylic acids is 2. The van der Waals surface area contributed by atoms with E-state index in [4.69, 9.17) is 16.3 Å². The summed E-state index contributed by atoms with van der Waals surface area (Å²) in [4.78, 5) is 24.5. The van der Waals surface area contributed by atoms with E-state index in [1.165, 1.54) is 18.7 Å². The maximum absolute atomic E-state index is 12.5. The first-order chi connectivity index (χ1) is 13.2. The molecular weight excluding hydrogens is 396 g/mol. The lowest BCUT2D eigenvalue weighted by atomic mass is 10.2. The molecule has 0 saturated heterocycles. The second-order valence-electron chi connectivity index (χ2n) is 6.80. The van der Waals surface area contributed by atoms with Gasteiger partial charge in [0.2, 0.25) is 11.8 Å². The molecule has 1 unspecified atom stereocenters. The molecule has 2 amide bonds. The lowest BCUT2D eigenvalue weighted by Crippen LogP contribution is -2.22. The largest absolute Gasteiger partial charge is 0.492 e. The molecule has 150 valence electrons. The Hall–Kier alpha value is -2.18. The van der Waals surface area contributed by atoms with Crippen LogP contribution in [0.3, 0.4) is 0 Å². The van der Waals surface area contributed by atoms with Crippen LogP contribution in [-0.2, 0) is 9.59 Å². The van der Waals surface area contributed by atoms with E-state index in [9.17, 15) is 9.59 Å². The third kappa shape index (κ3) is 7.09. The van der Waals surface area contributed by atoms with E-state index in [1.54, 1.807) is 18.2 Å². The second-order valence-corrected chi connectivity index (χ2v) is 8.63. The maximum atomic E-state index is 12.5. The van der Waals surface area contributed by atoms with E-state index in [-0.39, 0.29) is 17.1 Å². The Bertz CT molecular complexity index is 825. The van der Waals surface area contributed by atoms with Gasteiger partial charge >= 0.3 is 0 Å². The molecule has 5 nitrogen and oxygen atoms in total. The fourth-order valence-corrected chi connectivity index (χ4v) is 3.38. The van der Waals surface area contributed by atoms with Gasteiger partial charge in [0.1, 0.15) is 5.75 Å². The summed E-state index contributed by atoms with van der Waals surface area (Å²) in [6.45, 7) is 8.01. The average Bonchev–Trinajstić information content (AvgIpc) is 2.62. The van der Waals surface area contributed by atoms with E-state index >= 15 is 0 Å². The van der Waals surface area contributed by atoms with Gasteiger partial charge in [0.05, 0.1) is 16.9 Å². The van der Waals surface area contributed by atoms with Crippen molar-refractivity contribution in [2.24, 2.45) is 5.92 Å². The van der Waals surface area contributed by atoms with Crippen LogP contribution in [0, 0.1) is 5.92 Å². The third-order valence-electron chi connectivity index (χ3n) is 3.63. The van der Waals surface area contributed by atoms with Gasteiger partial charge in [-0.1, -0.05) is 25.4 Å². The fourth-order valence-electron chi connectivity index (χ4n) is 2.27. The molecule has 0 radical (unpaired) electrons. The molecule has 2 rings (SSSR count). The molecule has 28 heavy (non-hydrogen) atoms. The summed E-state index contributed by atoms with van der Waals surface area (Å²) in [7, 11) is 0. The maximum Gasteiger partial charge on any atom is 0.237 e. The quantitative estimate of drug-likeness (QED) is 0.557. The van der Waals surface area contributed by atoms with Crippen molar-refractivity contribution in [2.75, 3.05) is 17.2 Å². The topological polar surface area (TPSA) is 67.4 Å². The van der Waals surface area contributed by atoms with E-state index in [0.717, 1.165) is 10.6 Å². The van der Waals surface area contributed by atoms with Crippen LogP contribution in [-0.4, -0.2) is 23.7 Å². The molecule has 2 N–H and O–H groups in total. The fraction of sp³-hybridized carbons (Fsp3) is 0.333. The molecule has 0 spiro atoms. The van der Waals surface area contributed by atoms with Crippen LogP contribution in [0.5, 0.6) is 5.75 Å². The molecule has 0 aromatic heterocycles. The highest BCUT2D eigenvalue weighted by atomic mass is 35.5. The normalized spacial score (nSPS) is 11.8. The van der Waals surface area contributed by atoms with Crippen LogP contribution in [0.2, 0.25) is 5.02 Å². The van der Waals surface area contributed by atoms with Gasteiger partial charge in [-0.25, -0.2) is 0 Å². The summed E-state index contributed by atoms with van der Waals surface area (Å²) in [6, 6.07) is 12.6. The van der Waals surface area contributed by atoms with Gasteiger partial charge in [-0.15, -0.1) is 11.8 Å². The summed E-state index contributed by atoms with van der Waals surface area (Å²) in [5, 5.41) is 5.75. The van der Waals surface area contributed by atoms with E-state index in [1.807, 2.05) is 31.2 Å². The van der Waals surface area contributed by atoms with Gasteiger partial charge in [-0.2, -0.15) is 0 Å². The number of rotatable bonds is 8. The van der Waals surface area contributed by atoms with Crippen molar-refractivity contribution in [3.8, 4) is 5.75 Å². The number of nitrogens with one attached hydrogen (secondary N) is 2. The van der Waals surface area contributed by atoms with Crippen LogP contribution in [0.25, 0.3) is 0 Å². The van der Waals surface area contributed by atoms with Crippen LogP contribution in [0.4, 0.5) is 11.4 Å². The van der Waals surface area contributed by atoms with Gasteiger partial charge in [0.15, 0.2) is 0 Å². The van der Waals surface area contributed by atoms with Crippen LogP contribution < -0.4 is 15.4 Å². The molecule has 0 aliphatic rings. The zero-order valence-electron chi connectivity index (χ0n) is 16.4. The third-order valence-corrected chi connectivity index (χ3v) is 5.04. The number of benzene rings is 2. The highest BCUT2D eigenvalue weighted by Gasteiger charge is 2.15. The minimum absolute atomic E-state index is 0.118. The van der Waals surface area contributed by atoms with Crippen molar-refractivity contribution in [3.63, 3.8) is 0 Å². The second kappa shape index (κ2) is 10.4. The van der Waals surface area contributed by atoms with E-state index < -0.39 is 0 Å². The molecule has 0 heterocycles. The van der Waals surface area contributed by atoms with Gasteiger partial charge in [-0.3, -0.25) is 9.59 Å². The summed E-state index contributed by atoms with van der Waals surface area (Å²) in [5.74, 6) is 0.769. The molecule has 7 heteroatoms. The molecule has 0 aliphatic carbocycles. The monoisotopic (exact) mass is 420 g/mol. The Labute approximate surface area is 175 Å². The first-order valence-electron chi connectivity index (χ1n) is 9.02. The van der Waals surface area contributed by atoms with Crippen LogP contribution in [0.15, 0.2) is 47.4 Å². The van der Waals surface area contributed by atoms with Gasteiger partial charge in [-0.05, 0) is 55.3 Å². The predicted octanol–water partition coefficient (Wildman–Crippen LogP) is 5.45. The Morgan fingerprint density at radius 1 is 1.04 bits per heavy atom. The molecule has 0 bridgehead atoms. The number of ether oxygens (including phenoxy) is 1. The summed E-state index contributed by atoms with van der Waals surface area (Å²) < 4.78 is 5.64. The number of hydrogen-bond donors (Lipinski definition) is 2. The standard InChI is InChI=1S/C21H25ClN2O3S/c1-13(2)12-27-20-10-7-17(11-19(20)22)24-21(26)14(3)28-18-8-5-16(6-9-18)23-15(4)25/h5-11,13-14H,12H2,1-4H3,(H,23,25)(H,24,26). The highest BCUT2D eigenvalue weighted by Crippen LogP contribution is 2.29. The molecule has 0 fully saturated rings. The molecule has 0 saturated carbocycles. The zero-order valence-corrected chi connectivity index (χ0v) is 18.0. The number of thioether (sulfide) groups is 1. The van der Waals surface area contributed by atoms with Crippen molar-refractivity contribution in [3.05, 3.63) is 47.5 Å². The first kappa shape index (κ1) is 22.1. The summed E-state index contributed by atoms with van der Waals surface area (Å²) in [6.07, 6.45) is 0. The van der Waals surface area contributed by atoms with Crippen molar-refractivity contribution in [1.29, 1.82) is 0 Å². The molecule has 0 aliphatic heterocycles. The van der Waals surface area contributed by atoms with Gasteiger partial charge in [0, 0.05) is 23.2 Å². The van der Waals surface area contributed by atoms with Crippen molar-refractivity contribution >= 4 is 46.6 Å². The van der Waals surface area contributed by atoms with Gasteiger partial charge in [0.25, 0.3) is 0 Å². The van der Waals surface area contributed by atoms with Gasteiger partial charge < -0.3 is 15.4 Å². The number of anilines is 2. The Balaban J connectivity index is 1.92. The average molecular weight is 421 g/mol. The Morgan fingerprint density at radius 3 is 2.25 bits per heavy atom. The summed E-state index contributed by atoms with van der Waals surface area (Å²) >= 11 is 7.68. The van der Waals surface area contributed by atoms with E-state index in [2.05, 4.69) is 24.5 Å². The first-order valence-corrected chi connectivity index (χ1v) is 10.3.